The first-order valence-corrected chi connectivity index (χ1v) is 12.9. The molecule has 1 aliphatic carbocycles. The minimum atomic E-state index is -0.861. The highest BCUT2D eigenvalue weighted by Crippen LogP contribution is 2.52. The van der Waals surface area contributed by atoms with Gasteiger partial charge < -0.3 is 25.0 Å². The Labute approximate surface area is 227 Å². The zero-order valence-electron chi connectivity index (χ0n) is 21.6. The van der Waals surface area contributed by atoms with E-state index < -0.39 is 18.2 Å². The molecule has 198 valence electrons. The Hall–Kier alpha value is -3.68. The number of carbonyl (C=O) groups is 1. The molecule has 0 saturated heterocycles. The summed E-state index contributed by atoms with van der Waals surface area (Å²) in [5.41, 5.74) is 3.57. The fourth-order valence-electron chi connectivity index (χ4n) is 5.41. The van der Waals surface area contributed by atoms with Crippen molar-refractivity contribution in [2.24, 2.45) is 5.41 Å². The summed E-state index contributed by atoms with van der Waals surface area (Å²) in [4.78, 5) is 14.8. The molecule has 3 N–H and O–H groups in total. The number of hydrogen-bond donors (Lipinski definition) is 3. The molecule has 0 radical (unpaired) electrons. The molecule has 0 saturated carbocycles. The molecule has 1 aliphatic heterocycles. The number of amides is 1. The quantitative estimate of drug-likeness (QED) is 0.319. The van der Waals surface area contributed by atoms with Crippen LogP contribution in [0.25, 0.3) is 0 Å². The Morgan fingerprint density at radius 2 is 1.89 bits per heavy atom. The van der Waals surface area contributed by atoms with Crippen LogP contribution in [0.3, 0.4) is 0 Å². The van der Waals surface area contributed by atoms with Crippen LogP contribution in [0.2, 0.25) is 5.02 Å². The number of ether oxygens (including phenoxy) is 2. The van der Waals surface area contributed by atoms with E-state index in [1.807, 2.05) is 36.4 Å². The number of nitrogens with one attached hydrogen (secondary N) is 1. The molecule has 1 heterocycles. The highest BCUT2D eigenvalue weighted by atomic mass is 35.5. The van der Waals surface area contributed by atoms with Crippen molar-refractivity contribution in [2.75, 3.05) is 17.3 Å². The van der Waals surface area contributed by atoms with Crippen molar-refractivity contribution in [3.05, 3.63) is 94.1 Å². The fourth-order valence-corrected chi connectivity index (χ4v) is 5.68. The number of benzene rings is 3. The summed E-state index contributed by atoms with van der Waals surface area (Å²) in [5, 5.41) is 26.0. The van der Waals surface area contributed by atoms with Crippen LogP contribution in [-0.4, -0.2) is 29.5 Å². The lowest BCUT2D eigenvalue weighted by Gasteiger charge is -2.40. The molecular formula is C30H31ClN2O5. The van der Waals surface area contributed by atoms with Crippen molar-refractivity contribution in [3.8, 4) is 11.5 Å². The molecule has 0 fully saturated rings. The Balaban J connectivity index is 1.64. The van der Waals surface area contributed by atoms with Crippen molar-refractivity contribution in [1.29, 1.82) is 0 Å². The van der Waals surface area contributed by atoms with Gasteiger partial charge >= 0.3 is 6.09 Å². The van der Waals surface area contributed by atoms with Crippen molar-refractivity contribution >= 4 is 29.1 Å². The lowest BCUT2D eigenvalue weighted by atomic mass is 9.72. The summed E-state index contributed by atoms with van der Waals surface area (Å²) in [5.74, 6) is 0.564. The van der Waals surface area contributed by atoms with Gasteiger partial charge in [0.05, 0.1) is 24.9 Å². The molecule has 1 amide bonds. The van der Waals surface area contributed by atoms with Gasteiger partial charge in [0, 0.05) is 16.3 Å². The number of fused-ring (bicyclic) bond motifs is 1. The summed E-state index contributed by atoms with van der Waals surface area (Å²) in [6.07, 6.45) is -0.402. The molecule has 2 unspecified atom stereocenters. The summed E-state index contributed by atoms with van der Waals surface area (Å²) in [6, 6.07) is 19.3. The highest BCUT2D eigenvalue weighted by Gasteiger charge is 2.44. The Kier molecular flexibility index (Phi) is 6.99. The number of carbonyl (C=O) groups excluding carboxylic acids is 1. The van der Waals surface area contributed by atoms with E-state index in [0.29, 0.717) is 52.7 Å². The molecule has 8 heteroatoms. The van der Waals surface area contributed by atoms with E-state index in [-0.39, 0.29) is 11.2 Å². The SMILES string of the molecule is COC(=O)N1c2cccc(O)c2NC2=C(C(O)CC(C)(C)C2)C1c1ccc(OCc2ccccc2)cc1Cl. The third kappa shape index (κ3) is 4.91. The maximum atomic E-state index is 13.3. The smallest absolute Gasteiger partial charge is 0.414 e. The van der Waals surface area contributed by atoms with E-state index in [1.54, 1.807) is 30.3 Å². The second-order valence-electron chi connectivity index (χ2n) is 10.5. The summed E-state index contributed by atoms with van der Waals surface area (Å²) >= 11 is 6.87. The lowest BCUT2D eigenvalue weighted by Crippen LogP contribution is -2.41. The number of nitrogens with zero attached hydrogens (tertiary/aromatic N) is 1. The minimum absolute atomic E-state index is 0.0162. The maximum absolute atomic E-state index is 13.3. The van der Waals surface area contributed by atoms with Crippen LogP contribution < -0.4 is 15.0 Å². The third-order valence-electron chi connectivity index (χ3n) is 7.10. The van der Waals surface area contributed by atoms with Gasteiger partial charge in [-0.2, -0.15) is 0 Å². The maximum Gasteiger partial charge on any atom is 0.414 e. The molecule has 38 heavy (non-hydrogen) atoms. The molecule has 5 rings (SSSR count). The van der Waals surface area contributed by atoms with Crippen molar-refractivity contribution in [3.63, 3.8) is 0 Å². The van der Waals surface area contributed by atoms with E-state index >= 15 is 0 Å². The Bertz CT molecular complexity index is 1390. The van der Waals surface area contributed by atoms with Gasteiger partial charge in [-0.25, -0.2) is 4.79 Å². The molecule has 0 bridgehead atoms. The minimum Gasteiger partial charge on any atom is -0.506 e. The number of aromatic hydroxyl groups is 1. The van der Waals surface area contributed by atoms with Crippen LogP contribution in [-0.2, 0) is 11.3 Å². The lowest BCUT2D eigenvalue weighted by molar-refractivity contribution is 0.120. The van der Waals surface area contributed by atoms with Gasteiger partial charge in [0.2, 0.25) is 0 Å². The molecule has 2 aliphatic rings. The van der Waals surface area contributed by atoms with Gasteiger partial charge in [-0.05, 0) is 53.6 Å². The third-order valence-corrected chi connectivity index (χ3v) is 7.43. The number of phenols is 1. The number of methoxy groups -OCH3 is 1. The van der Waals surface area contributed by atoms with Gasteiger partial charge in [-0.15, -0.1) is 0 Å². The second kappa shape index (κ2) is 10.2. The number of anilines is 2. The number of aliphatic hydroxyl groups excluding tert-OH is 1. The van der Waals surface area contributed by atoms with Crippen LogP contribution in [0, 0.1) is 5.41 Å². The zero-order valence-corrected chi connectivity index (χ0v) is 22.3. The molecule has 0 aromatic heterocycles. The van der Waals surface area contributed by atoms with E-state index in [2.05, 4.69) is 19.2 Å². The molecule has 2 atom stereocenters. The fraction of sp³-hybridized carbons (Fsp3) is 0.300. The van der Waals surface area contributed by atoms with Gasteiger partial charge in [-0.1, -0.05) is 67.9 Å². The van der Waals surface area contributed by atoms with Gasteiger partial charge in [0.25, 0.3) is 0 Å². The number of allylic oxidation sites excluding steroid dienone is 1. The van der Waals surface area contributed by atoms with Gasteiger partial charge in [0.1, 0.15) is 23.8 Å². The predicted molar refractivity (Wildman–Crippen MR) is 148 cm³/mol. The Morgan fingerprint density at radius 3 is 2.61 bits per heavy atom. The van der Waals surface area contributed by atoms with Crippen molar-refractivity contribution < 1.29 is 24.5 Å². The average Bonchev–Trinajstić information content (AvgIpc) is 3.02. The van der Waals surface area contributed by atoms with Crippen LogP contribution in [0.15, 0.2) is 78.0 Å². The molecule has 3 aromatic carbocycles. The summed E-state index contributed by atoms with van der Waals surface area (Å²) in [6.45, 7) is 4.54. The van der Waals surface area contributed by atoms with Crippen LogP contribution >= 0.6 is 11.6 Å². The number of hydrogen-bond acceptors (Lipinski definition) is 6. The van der Waals surface area contributed by atoms with E-state index in [1.165, 1.54) is 12.0 Å². The standard InChI is InChI=1S/C30H31ClN2O5/c1-30(2)15-22-26(25(35)16-30)28(33(29(36)37-3)23-10-7-11-24(34)27(23)32-22)20-13-12-19(14-21(20)31)38-17-18-8-5-4-6-9-18/h4-14,25,28,32,34-35H,15-17H2,1-3H3. The largest absolute Gasteiger partial charge is 0.506 e. The molecule has 7 nitrogen and oxygen atoms in total. The monoisotopic (exact) mass is 534 g/mol. The molecule has 3 aromatic rings. The molecular weight excluding hydrogens is 504 g/mol. The van der Waals surface area contributed by atoms with Gasteiger partial charge in [-0.3, -0.25) is 4.90 Å². The summed E-state index contributed by atoms with van der Waals surface area (Å²) < 4.78 is 11.2. The predicted octanol–water partition coefficient (Wildman–Crippen LogP) is 6.80. The van der Waals surface area contributed by atoms with Crippen molar-refractivity contribution in [2.45, 2.75) is 45.4 Å². The van der Waals surface area contributed by atoms with Gasteiger partial charge in [0.15, 0.2) is 0 Å². The first kappa shape index (κ1) is 25.9. The number of phenolic OH excluding ortho intramolecular Hbond substituents is 1. The molecule has 0 spiro atoms. The van der Waals surface area contributed by atoms with E-state index in [0.717, 1.165) is 11.3 Å². The number of para-hydroxylation sites is 1. The van der Waals surface area contributed by atoms with Crippen LogP contribution in [0.1, 0.15) is 43.9 Å². The van der Waals surface area contributed by atoms with Crippen LogP contribution in [0.4, 0.5) is 16.2 Å². The first-order chi connectivity index (χ1) is 18.2. The average molecular weight is 535 g/mol. The van der Waals surface area contributed by atoms with Crippen molar-refractivity contribution in [1.82, 2.24) is 0 Å². The Morgan fingerprint density at radius 1 is 1.13 bits per heavy atom. The van der Waals surface area contributed by atoms with E-state index in [4.69, 9.17) is 21.1 Å². The number of halogens is 1. The topological polar surface area (TPSA) is 91.3 Å². The summed E-state index contributed by atoms with van der Waals surface area (Å²) in [7, 11) is 1.30. The first-order valence-electron chi connectivity index (χ1n) is 12.5. The van der Waals surface area contributed by atoms with E-state index in [9.17, 15) is 15.0 Å². The normalized spacial score (nSPS) is 20.1. The second-order valence-corrected chi connectivity index (χ2v) is 10.9. The number of rotatable bonds is 4. The number of aliphatic hydroxyl groups is 1. The van der Waals surface area contributed by atoms with Crippen LogP contribution in [0.5, 0.6) is 11.5 Å². The highest BCUT2D eigenvalue weighted by molar-refractivity contribution is 6.31. The zero-order chi connectivity index (χ0) is 27.0.